The molecule has 1 aromatic heterocycles. The highest BCUT2D eigenvalue weighted by atomic mass is 19.4. The van der Waals surface area contributed by atoms with Crippen LogP contribution in [0.15, 0.2) is 42.5 Å². The van der Waals surface area contributed by atoms with Crippen LogP contribution in [0.3, 0.4) is 0 Å². The first-order valence-electron chi connectivity index (χ1n) is 7.59. The average molecular weight is 363 g/mol. The second-order valence-electron chi connectivity index (χ2n) is 5.66. The number of halogens is 4. The Morgan fingerprint density at radius 3 is 2.46 bits per heavy atom. The zero-order valence-electron chi connectivity index (χ0n) is 13.8. The first-order valence-corrected chi connectivity index (χ1v) is 7.59. The lowest BCUT2D eigenvalue weighted by Crippen LogP contribution is -2.09. The molecule has 2 aromatic carbocycles. The quantitative estimate of drug-likeness (QED) is 0.467. The Bertz CT molecular complexity index is 1010. The first-order chi connectivity index (χ1) is 12.2. The summed E-state index contributed by atoms with van der Waals surface area (Å²) >= 11 is 0. The summed E-state index contributed by atoms with van der Waals surface area (Å²) in [4.78, 5) is 16.5. The van der Waals surface area contributed by atoms with Gasteiger partial charge in [-0.05, 0) is 36.8 Å². The molecule has 1 heterocycles. The summed E-state index contributed by atoms with van der Waals surface area (Å²) in [5.41, 5.74) is -0.154. The predicted octanol–water partition coefficient (Wildman–Crippen LogP) is 5.15. The number of ether oxygens (including phenoxy) is 1. The number of hydrogen-bond acceptors (Lipinski definition) is 3. The molecule has 0 aliphatic heterocycles. The summed E-state index contributed by atoms with van der Waals surface area (Å²) in [7, 11) is 1.15. The highest BCUT2D eigenvalue weighted by Gasteiger charge is 2.31. The molecule has 0 fully saturated rings. The first kappa shape index (κ1) is 17.8. The van der Waals surface area contributed by atoms with Gasteiger partial charge in [-0.1, -0.05) is 18.2 Å². The van der Waals surface area contributed by atoms with Crippen molar-refractivity contribution in [3.8, 4) is 11.3 Å². The molecule has 0 spiro atoms. The van der Waals surface area contributed by atoms with Gasteiger partial charge in [0.2, 0.25) is 0 Å². The molecule has 0 aliphatic rings. The van der Waals surface area contributed by atoms with Crippen molar-refractivity contribution in [2.24, 2.45) is 0 Å². The lowest BCUT2D eigenvalue weighted by atomic mass is 9.96. The molecule has 7 heteroatoms. The van der Waals surface area contributed by atoms with Crippen LogP contribution < -0.4 is 0 Å². The van der Waals surface area contributed by atoms with Crippen LogP contribution in [0.4, 0.5) is 17.6 Å². The molecule has 0 saturated carbocycles. The third-order valence-electron chi connectivity index (χ3n) is 4.06. The molecular formula is C19H13F4NO2. The number of nitrogens with zero attached hydrogens (tertiary/aromatic N) is 1. The maximum atomic E-state index is 14.3. The van der Waals surface area contributed by atoms with Gasteiger partial charge in [0.05, 0.1) is 34.8 Å². The Morgan fingerprint density at radius 1 is 1.12 bits per heavy atom. The van der Waals surface area contributed by atoms with Crippen LogP contribution in [0.1, 0.15) is 21.5 Å². The number of aromatic nitrogens is 1. The normalized spacial score (nSPS) is 11.6. The molecular weight excluding hydrogens is 350 g/mol. The standard InChI is InChI=1S/C19H13F4NO2/c1-10-15(18(25)26-2)16-13(20)7-4-8-14(16)24-17(10)11-5-3-6-12(9-11)19(21,22)23/h3-9H,1-2H3. The van der Waals surface area contributed by atoms with Crippen molar-refractivity contribution in [1.82, 2.24) is 4.98 Å². The average Bonchev–Trinajstić information content (AvgIpc) is 2.60. The minimum atomic E-state index is -4.52. The SMILES string of the molecule is COC(=O)c1c(C)c(-c2cccc(C(F)(F)F)c2)nc2cccc(F)c12. The Balaban J connectivity index is 2.35. The third kappa shape index (κ3) is 3.00. The summed E-state index contributed by atoms with van der Waals surface area (Å²) in [6.45, 7) is 1.50. The Hall–Kier alpha value is -2.96. The Kier molecular flexibility index (Phi) is 4.39. The van der Waals surface area contributed by atoms with Crippen LogP contribution in [0.2, 0.25) is 0 Å². The minimum Gasteiger partial charge on any atom is -0.465 e. The van der Waals surface area contributed by atoms with E-state index in [0.717, 1.165) is 19.2 Å². The van der Waals surface area contributed by atoms with E-state index < -0.39 is 23.5 Å². The van der Waals surface area contributed by atoms with Gasteiger partial charge in [-0.2, -0.15) is 13.2 Å². The lowest BCUT2D eigenvalue weighted by Gasteiger charge is -2.15. The fraction of sp³-hybridized carbons (Fsp3) is 0.158. The molecule has 0 aliphatic carbocycles. The van der Waals surface area contributed by atoms with E-state index in [1.54, 1.807) is 0 Å². The lowest BCUT2D eigenvalue weighted by molar-refractivity contribution is -0.137. The number of benzene rings is 2. The molecule has 26 heavy (non-hydrogen) atoms. The van der Waals surface area contributed by atoms with E-state index in [0.29, 0.717) is 0 Å². The van der Waals surface area contributed by atoms with E-state index >= 15 is 0 Å². The monoisotopic (exact) mass is 363 g/mol. The second-order valence-corrected chi connectivity index (χ2v) is 5.66. The van der Waals surface area contributed by atoms with Crippen molar-refractivity contribution in [2.45, 2.75) is 13.1 Å². The largest absolute Gasteiger partial charge is 0.465 e. The van der Waals surface area contributed by atoms with Crippen molar-refractivity contribution in [1.29, 1.82) is 0 Å². The number of alkyl halides is 3. The van der Waals surface area contributed by atoms with Crippen LogP contribution in [-0.4, -0.2) is 18.1 Å². The molecule has 0 radical (unpaired) electrons. The number of methoxy groups -OCH3 is 1. The Labute approximate surface area is 146 Å². The van der Waals surface area contributed by atoms with Gasteiger partial charge in [-0.25, -0.2) is 14.2 Å². The number of esters is 1. The van der Waals surface area contributed by atoms with Crippen LogP contribution >= 0.6 is 0 Å². The van der Waals surface area contributed by atoms with E-state index in [-0.39, 0.29) is 33.3 Å². The number of rotatable bonds is 2. The number of carbonyl (C=O) groups excluding carboxylic acids is 1. The summed E-state index contributed by atoms with van der Waals surface area (Å²) < 4.78 is 58.0. The second kappa shape index (κ2) is 6.40. The predicted molar refractivity (Wildman–Crippen MR) is 88.2 cm³/mol. The van der Waals surface area contributed by atoms with Gasteiger partial charge in [0.1, 0.15) is 5.82 Å². The van der Waals surface area contributed by atoms with Crippen LogP contribution in [0.25, 0.3) is 22.2 Å². The van der Waals surface area contributed by atoms with Gasteiger partial charge in [-0.3, -0.25) is 0 Å². The molecule has 3 nitrogen and oxygen atoms in total. The van der Waals surface area contributed by atoms with Crippen LogP contribution in [0, 0.1) is 12.7 Å². The van der Waals surface area contributed by atoms with Crippen LogP contribution in [0.5, 0.6) is 0 Å². The van der Waals surface area contributed by atoms with E-state index in [9.17, 15) is 22.4 Å². The third-order valence-corrected chi connectivity index (χ3v) is 4.06. The maximum Gasteiger partial charge on any atom is 0.416 e. The zero-order chi connectivity index (χ0) is 19.1. The van der Waals surface area contributed by atoms with Crippen molar-refractivity contribution in [3.63, 3.8) is 0 Å². The fourth-order valence-corrected chi connectivity index (χ4v) is 2.84. The molecule has 3 aromatic rings. The fourth-order valence-electron chi connectivity index (χ4n) is 2.84. The summed E-state index contributed by atoms with van der Waals surface area (Å²) in [5, 5.41) is -0.0208. The van der Waals surface area contributed by atoms with Crippen molar-refractivity contribution < 1.29 is 27.1 Å². The van der Waals surface area contributed by atoms with Gasteiger partial charge >= 0.3 is 12.1 Å². The van der Waals surface area contributed by atoms with Gasteiger partial charge in [0, 0.05) is 5.56 Å². The molecule has 0 unspecified atom stereocenters. The molecule has 0 atom stereocenters. The van der Waals surface area contributed by atoms with E-state index in [1.165, 1.54) is 37.3 Å². The number of hydrogen-bond donors (Lipinski definition) is 0. The van der Waals surface area contributed by atoms with Gasteiger partial charge in [-0.15, -0.1) is 0 Å². The molecule has 0 bridgehead atoms. The highest BCUT2D eigenvalue weighted by Crippen LogP contribution is 2.35. The molecule has 0 saturated heterocycles. The Morgan fingerprint density at radius 2 is 1.81 bits per heavy atom. The summed E-state index contributed by atoms with van der Waals surface area (Å²) in [5.74, 6) is -1.44. The number of fused-ring (bicyclic) bond motifs is 1. The van der Waals surface area contributed by atoms with E-state index in [4.69, 9.17) is 4.74 Å². The smallest absolute Gasteiger partial charge is 0.416 e. The van der Waals surface area contributed by atoms with Crippen molar-refractivity contribution in [2.75, 3.05) is 7.11 Å². The molecule has 134 valence electrons. The molecule has 0 amide bonds. The maximum absolute atomic E-state index is 14.3. The van der Waals surface area contributed by atoms with Gasteiger partial charge < -0.3 is 4.74 Å². The van der Waals surface area contributed by atoms with Gasteiger partial charge in [0.15, 0.2) is 0 Å². The molecule has 0 N–H and O–H groups in total. The highest BCUT2D eigenvalue weighted by molar-refractivity contribution is 6.06. The number of carbonyl (C=O) groups is 1. The summed E-state index contributed by atoms with van der Waals surface area (Å²) in [6, 6.07) is 8.68. The van der Waals surface area contributed by atoms with Crippen molar-refractivity contribution in [3.05, 3.63) is 65.0 Å². The topological polar surface area (TPSA) is 39.2 Å². The van der Waals surface area contributed by atoms with Crippen molar-refractivity contribution >= 4 is 16.9 Å². The summed E-state index contributed by atoms with van der Waals surface area (Å²) in [6.07, 6.45) is -4.52. The minimum absolute atomic E-state index is 0.0208. The van der Waals surface area contributed by atoms with Gasteiger partial charge in [0.25, 0.3) is 0 Å². The zero-order valence-corrected chi connectivity index (χ0v) is 13.8. The van der Waals surface area contributed by atoms with Crippen LogP contribution in [-0.2, 0) is 10.9 Å². The van der Waals surface area contributed by atoms with E-state index in [2.05, 4.69) is 4.98 Å². The number of pyridine rings is 1. The van der Waals surface area contributed by atoms with E-state index in [1.807, 2.05) is 0 Å². The molecule has 3 rings (SSSR count).